The highest BCUT2D eigenvalue weighted by molar-refractivity contribution is 7.79. The number of thiol groups is 1. The predicted octanol–water partition coefficient (Wildman–Crippen LogP) is 4.64. The standard InChI is InChI=1S/C17H26O2S/c1-11(18)19-15-13(16(2,3)4)8-12(10-20)9-14(15)17(5,6)7/h8-9,20H,10H2,1-7H3. The second-order valence-corrected chi connectivity index (χ2v) is 7.59. The molecule has 0 saturated carbocycles. The van der Waals surface area contributed by atoms with Crippen LogP contribution in [0.15, 0.2) is 12.1 Å². The van der Waals surface area contributed by atoms with Crippen molar-refractivity contribution in [2.75, 3.05) is 0 Å². The molecule has 0 saturated heterocycles. The van der Waals surface area contributed by atoms with Crippen LogP contribution < -0.4 is 4.74 Å². The van der Waals surface area contributed by atoms with Crippen molar-refractivity contribution in [1.29, 1.82) is 0 Å². The molecular weight excluding hydrogens is 268 g/mol. The van der Waals surface area contributed by atoms with Crippen LogP contribution in [0.3, 0.4) is 0 Å². The molecule has 0 atom stereocenters. The lowest BCUT2D eigenvalue weighted by atomic mass is 9.78. The third-order valence-electron chi connectivity index (χ3n) is 3.19. The Hall–Kier alpha value is -0.960. The summed E-state index contributed by atoms with van der Waals surface area (Å²) in [5.41, 5.74) is 3.08. The summed E-state index contributed by atoms with van der Waals surface area (Å²) in [6.07, 6.45) is 0. The minimum Gasteiger partial charge on any atom is -0.426 e. The van der Waals surface area contributed by atoms with E-state index in [2.05, 4.69) is 66.3 Å². The Morgan fingerprint density at radius 2 is 1.45 bits per heavy atom. The summed E-state index contributed by atoms with van der Waals surface area (Å²) in [5, 5.41) is 0. The molecule has 0 spiro atoms. The van der Waals surface area contributed by atoms with Gasteiger partial charge < -0.3 is 4.74 Å². The molecule has 0 aliphatic rings. The molecule has 2 nitrogen and oxygen atoms in total. The van der Waals surface area contributed by atoms with Gasteiger partial charge in [0.25, 0.3) is 0 Å². The first-order valence-electron chi connectivity index (χ1n) is 6.94. The van der Waals surface area contributed by atoms with Crippen LogP contribution in [-0.2, 0) is 21.4 Å². The number of hydrogen-bond donors (Lipinski definition) is 1. The van der Waals surface area contributed by atoms with E-state index in [9.17, 15) is 4.79 Å². The average Bonchev–Trinajstić information content (AvgIpc) is 2.25. The molecule has 0 heterocycles. The normalized spacial score (nSPS) is 12.4. The molecule has 1 aromatic carbocycles. The number of benzene rings is 1. The van der Waals surface area contributed by atoms with Gasteiger partial charge in [-0.1, -0.05) is 53.7 Å². The van der Waals surface area contributed by atoms with Gasteiger partial charge in [-0.25, -0.2) is 0 Å². The minimum absolute atomic E-state index is 0.0935. The summed E-state index contributed by atoms with van der Waals surface area (Å²) >= 11 is 4.39. The second kappa shape index (κ2) is 5.80. The topological polar surface area (TPSA) is 26.3 Å². The van der Waals surface area contributed by atoms with Crippen LogP contribution in [0, 0.1) is 0 Å². The van der Waals surface area contributed by atoms with Crippen LogP contribution in [0.2, 0.25) is 0 Å². The van der Waals surface area contributed by atoms with Crippen LogP contribution >= 0.6 is 12.6 Å². The molecular formula is C17H26O2S. The Labute approximate surface area is 128 Å². The fourth-order valence-corrected chi connectivity index (χ4v) is 2.33. The number of rotatable bonds is 2. The summed E-state index contributed by atoms with van der Waals surface area (Å²) in [4.78, 5) is 11.5. The maximum Gasteiger partial charge on any atom is 0.308 e. The van der Waals surface area contributed by atoms with E-state index in [1.54, 1.807) is 0 Å². The Bertz CT molecular complexity index is 470. The highest BCUT2D eigenvalue weighted by Gasteiger charge is 2.28. The van der Waals surface area contributed by atoms with Gasteiger partial charge in [-0.15, -0.1) is 0 Å². The fraction of sp³-hybridized carbons (Fsp3) is 0.588. The van der Waals surface area contributed by atoms with Gasteiger partial charge in [0.1, 0.15) is 5.75 Å². The van der Waals surface area contributed by atoms with E-state index < -0.39 is 0 Å². The molecule has 3 heteroatoms. The summed E-state index contributed by atoms with van der Waals surface area (Å²) < 4.78 is 5.57. The van der Waals surface area contributed by atoms with Crippen molar-refractivity contribution in [3.05, 3.63) is 28.8 Å². The van der Waals surface area contributed by atoms with Gasteiger partial charge in [0.2, 0.25) is 0 Å². The maximum atomic E-state index is 11.5. The first-order chi connectivity index (χ1) is 8.96. The number of esters is 1. The van der Waals surface area contributed by atoms with Crippen LogP contribution in [-0.4, -0.2) is 5.97 Å². The van der Waals surface area contributed by atoms with E-state index in [0.717, 1.165) is 16.7 Å². The second-order valence-electron chi connectivity index (χ2n) is 7.27. The zero-order chi connectivity index (χ0) is 15.7. The highest BCUT2D eigenvalue weighted by atomic mass is 32.1. The largest absolute Gasteiger partial charge is 0.426 e. The van der Waals surface area contributed by atoms with Crippen molar-refractivity contribution in [3.8, 4) is 5.75 Å². The van der Waals surface area contributed by atoms with Gasteiger partial charge in [-0.05, 0) is 16.4 Å². The summed E-state index contributed by atoms with van der Waals surface area (Å²) in [6.45, 7) is 14.2. The number of carbonyl (C=O) groups excluding carboxylic acids is 1. The van der Waals surface area contributed by atoms with E-state index in [0.29, 0.717) is 11.5 Å². The molecule has 20 heavy (non-hydrogen) atoms. The molecule has 0 fully saturated rings. The van der Waals surface area contributed by atoms with Crippen LogP contribution in [0.1, 0.15) is 65.2 Å². The van der Waals surface area contributed by atoms with Gasteiger partial charge >= 0.3 is 5.97 Å². The highest BCUT2D eigenvalue weighted by Crippen LogP contribution is 2.41. The summed E-state index contributed by atoms with van der Waals surface area (Å²) in [5.74, 6) is 1.11. The zero-order valence-corrected chi connectivity index (χ0v) is 14.5. The monoisotopic (exact) mass is 294 g/mol. The van der Waals surface area contributed by atoms with Crippen LogP contribution in [0.4, 0.5) is 0 Å². The SMILES string of the molecule is CC(=O)Oc1c(C(C)(C)C)cc(CS)cc1C(C)(C)C. The van der Waals surface area contributed by atoms with Gasteiger partial charge in [0.05, 0.1) is 0 Å². The molecule has 0 radical (unpaired) electrons. The Morgan fingerprint density at radius 3 is 1.70 bits per heavy atom. The Kier molecular flexibility index (Phi) is 4.96. The number of carbonyl (C=O) groups is 1. The van der Waals surface area contributed by atoms with Crippen molar-refractivity contribution < 1.29 is 9.53 Å². The molecule has 0 bridgehead atoms. The molecule has 112 valence electrons. The number of hydrogen-bond acceptors (Lipinski definition) is 3. The lowest BCUT2D eigenvalue weighted by Crippen LogP contribution is -2.21. The lowest BCUT2D eigenvalue weighted by Gasteiger charge is -2.29. The van der Waals surface area contributed by atoms with Gasteiger partial charge in [-0.2, -0.15) is 12.6 Å². The van der Waals surface area contributed by atoms with Crippen LogP contribution in [0.5, 0.6) is 5.75 Å². The number of ether oxygens (including phenoxy) is 1. The van der Waals surface area contributed by atoms with Gasteiger partial charge in [0.15, 0.2) is 0 Å². The molecule has 0 unspecified atom stereocenters. The third-order valence-corrected chi connectivity index (χ3v) is 3.56. The summed E-state index contributed by atoms with van der Waals surface area (Å²) in [7, 11) is 0. The smallest absolute Gasteiger partial charge is 0.308 e. The molecule has 0 aliphatic carbocycles. The molecule has 0 aromatic heterocycles. The quantitative estimate of drug-likeness (QED) is 0.489. The van der Waals surface area contributed by atoms with E-state index in [1.165, 1.54) is 6.92 Å². The lowest BCUT2D eigenvalue weighted by molar-refractivity contribution is -0.132. The van der Waals surface area contributed by atoms with E-state index in [-0.39, 0.29) is 16.8 Å². The van der Waals surface area contributed by atoms with Gasteiger partial charge in [0, 0.05) is 23.8 Å². The Morgan fingerprint density at radius 1 is 1.05 bits per heavy atom. The van der Waals surface area contributed by atoms with E-state index >= 15 is 0 Å². The van der Waals surface area contributed by atoms with Crippen molar-refractivity contribution in [1.82, 2.24) is 0 Å². The van der Waals surface area contributed by atoms with Crippen molar-refractivity contribution in [3.63, 3.8) is 0 Å². The Balaban J connectivity index is 3.67. The summed E-state index contributed by atoms with van der Waals surface area (Å²) in [6, 6.07) is 4.20. The fourth-order valence-electron chi connectivity index (χ4n) is 2.15. The van der Waals surface area contributed by atoms with Crippen molar-refractivity contribution >= 4 is 18.6 Å². The van der Waals surface area contributed by atoms with Crippen molar-refractivity contribution in [2.24, 2.45) is 0 Å². The van der Waals surface area contributed by atoms with Gasteiger partial charge in [-0.3, -0.25) is 4.79 Å². The molecule has 1 aromatic rings. The average molecular weight is 294 g/mol. The van der Waals surface area contributed by atoms with E-state index in [1.807, 2.05) is 0 Å². The molecule has 0 N–H and O–H groups in total. The molecule has 1 rings (SSSR count). The third kappa shape index (κ3) is 4.02. The van der Waals surface area contributed by atoms with Crippen molar-refractivity contribution in [2.45, 2.75) is 65.0 Å². The van der Waals surface area contributed by atoms with Crippen LogP contribution in [0.25, 0.3) is 0 Å². The maximum absolute atomic E-state index is 11.5. The first-order valence-corrected chi connectivity index (χ1v) is 7.57. The van der Waals surface area contributed by atoms with E-state index in [4.69, 9.17) is 4.74 Å². The molecule has 0 amide bonds. The minimum atomic E-state index is -0.278. The first kappa shape index (κ1) is 17.1. The molecule has 0 aliphatic heterocycles. The predicted molar refractivity (Wildman–Crippen MR) is 87.8 cm³/mol. The zero-order valence-electron chi connectivity index (χ0n) is 13.6.